The summed E-state index contributed by atoms with van der Waals surface area (Å²) in [6.45, 7) is 5.13. The minimum atomic E-state index is -1.08. The summed E-state index contributed by atoms with van der Waals surface area (Å²) in [5.74, 6) is -1.31. The van der Waals surface area contributed by atoms with Crippen molar-refractivity contribution >= 4 is 11.9 Å². The summed E-state index contributed by atoms with van der Waals surface area (Å²) in [6, 6.07) is 6.35. The predicted molar refractivity (Wildman–Crippen MR) is 78.1 cm³/mol. The fourth-order valence-electron chi connectivity index (χ4n) is 2.29. The van der Waals surface area contributed by atoms with E-state index in [0.717, 1.165) is 6.54 Å². The van der Waals surface area contributed by atoms with Crippen molar-refractivity contribution in [1.82, 2.24) is 9.80 Å². The molecule has 0 aliphatic rings. The molecule has 1 rings (SSSR count). The lowest BCUT2D eigenvalue weighted by atomic mass is 10.1. The number of carboxylic acids is 1. The largest absolute Gasteiger partial charge is 0.478 e. The van der Waals surface area contributed by atoms with Gasteiger partial charge in [-0.3, -0.25) is 4.79 Å². The Kier molecular flexibility index (Phi) is 5.70. The Morgan fingerprint density at radius 1 is 1.20 bits per heavy atom. The normalized spacial score (nSPS) is 12.2. The van der Waals surface area contributed by atoms with Crippen LogP contribution in [0.15, 0.2) is 24.3 Å². The number of carboxylic acid groups (broad SMARTS) is 1. The van der Waals surface area contributed by atoms with Crippen LogP contribution in [0, 0.1) is 0 Å². The zero-order chi connectivity index (χ0) is 15.3. The Labute approximate surface area is 119 Å². The van der Waals surface area contributed by atoms with Crippen molar-refractivity contribution in [3.8, 4) is 0 Å². The molecule has 0 saturated carbocycles. The van der Waals surface area contributed by atoms with Gasteiger partial charge >= 0.3 is 5.97 Å². The lowest BCUT2D eigenvalue weighted by Crippen LogP contribution is -2.44. The van der Waals surface area contributed by atoms with Gasteiger partial charge in [0.25, 0.3) is 5.91 Å². The van der Waals surface area contributed by atoms with Crippen LogP contribution in [0.4, 0.5) is 0 Å². The zero-order valence-electron chi connectivity index (χ0n) is 12.5. The average Bonchev–Trinajstić information content (AvgIpc) is 2.38. The predicted octanol–water partition coefficient (Wildman–Crippen LogP) is 1.80. The molecule has 0 aromatic heterocycles. The van der Waals surface area contributed by atoms with Gasteiger partial charge in [-0.05, 0) is 40.1 Å². The molecule has 0 heterocycles. The first kappa shape index (κ1) is 16.2. The summed E-state index contributed by atoms with van der Waals surface area (Å²) in [5, 5.41) is 9.17. The molecule has 0 spiro atoms. The van der Waals surface area contributed by atoms with Gasteiger partial charge in [-0.25, -0.2) is 4.79 Å². The van der Waals surface area contributed by atoms with Gasteiger partial charge in [0.1, 0.15) is 0 Å². The molecule has 1 amide bonds. The molecule has 1 unspecified atom stereocenters. The first-order chi connectivity index (χ1) is 9.38. The third-order valence-corrected chi connectivity index (χ3v) is 3.15. The van der Waals surface area contributed by atoms with Crippen molar-refractivity contribution in [3.63, 3.8) is 0 Å². The molecule has 0 aliphatic carbocycles. The molecule has 1 atom stereocenters. The number of nitrogens with zero attached hydrogens (tertiary/aromatic N) is 2. The van der Waals surface area contributed by atoms with Gasteiger partial charge in [0.15, 0.2) is 0 Å². The number of rotatable bonds is 6. The molecule has 0 aliphatic heterocycles. The van der Waals surface area contributed by atoms with Crippen LogP contribution in [0.25, 0.3) is 0 Å². The third kappa shape index (κ3) is 3.81. The Balaban J connectivity index is 3.06. The van der Waals surface area contributed by atoms with E-state index in [9.17, 15) is 14.7 Å². The monoisotopic (exact) mass is 278 g/mol. The zero-order valence-corrected chi connectivity index (χ0v) is 12.5. The number of benzene rings is 1. The number of carbonyl (C=O) groups excluding carboxylic acids is 1. The summed E-state index contributed by atoms with van der Waals surface area (Å²) < 4.78 is 0. The van der Waals surface area contributed by atoms with E-state index in [1.807, 2.05) is 32.8 Å². The van der Waals surface area contributed by atoms with Crippen LogP contribution in [0.5, 0.6) is 0 Å². The van der Waals surface area contributed by atoms with Crippen molar-refractivity contribution < 1.29 is 14.7 Å². The van der Waals surface area contributed by atoms with Gasteiger partial charge in [0, 0.05) is 19.1 Å². The molecule has 0 saturated heterocycles. The molecule has 0 fully saturated rings. The Bertz CT molecular complexity index is 486. The van der Waals surface area contributed by atoms with E-state index in [1.165, 1.54) is 6.07 Å². The van der Waals surface area contributed by atoms with Crippen molar-refractivity contribution in [1.29, 1.82) is 0 Å². The van der Waals surface area contributed by atoms with E-state index >= 15 is 0 Å². The highest BCUT2D eigenvalue weighted by molar-refractivity contribution is 6.04. The maximum atomic E-state index is 12.6. The molecule has 5 heteroatoms. The lowest BCUT2D eigenvalue weighted by molar-refractivity contribution is 0.0644. The molecule has 110 valence electrons. The van der Waals surface area contributed by atoms with Crippen LogP contribution in [0.1, 0.15) is 34.6 Å². The van der Waals surface area contributed by atoms with E-state index in [4.69, 9.17) is 0 Å². The highest BCUT2D eigenvalue weighted by Gasteiger charge is 2.24. The average molecular weight is 278 g/mol. The van der Waals surface area contributed by atoms with E-state index in [2.05, 4.69) is 0 Å². The van der Waals surface area contributed by atoms with Gasteiger partial charge in [0.2, 0.25) is 0 Å². The smallest absolute Gasteiger partial charge is 0.336 e. The second-order valence-corrected chi connectivity index (χ2v) is 5.05. The number of hydrogen-bond donors (Lipinski definition) is 1. The second-order valence-electron chi connectivity index (χ2n) is 5.05. The lowest BCUT2D eigenvalue weighted by Gasteiger charge is -2.30. The third-order valence-electron chi connectivity index (χ3n) is 3.15. The molecule has 5 nitrogen and oxygen atoms in total. The molecule has 1 N–H and O–H groups in total. The Hall–Kier alpha value is -1.88. The van der Waals surface area contributed by atoms with E-state index in [0.29, 0.717) is 6.54 Å². The number of hydrogen-bond acceptors (Lipinski definition) is 3. The van der Waals surface area contributed by atoms with Gasteiger partial charge < -0.3 is 14.9 Å². The molecular weight excluding hydrogens is 256 g/mol. The fraction of sp³-hybridized carbons (Fsp3) is 0.467. The molecule has 20 heavy (non-hydrogen) atoms. The Morgan fingerprint density at radius 3 is 2.20 bits per heavy atom. The SMILES string of the molecule is CCN(C(=O)c1ccccc1C(=O)O)C(C)CN(C)C. The summed E-state index contributed by atoms with van der Waals surface area (Å²) in [6.07, 6.45) is 0. The maximum Gasteiger partial charge on any atom is 0.336 e. The van der Waals surface area contributed by atoms with Gasteiger partial charge in [-0.15, -0.1) is 0 Å². The van der Waals surface area contributed by atoms with Crippen LogP contribution in [-0.4, -0.2) is 60.0 Å². The summed E-state index contributed by atoms with van der Waals surface area (Å²) in [7, 11) is 3.89. The standard InChI is InChI=1S/C15H22N2O3/c1-5-17(11(2)10-16(3)4)14(18)12-8-6-7-9-13(12)15(19)20/h6-9,11H,5,10H2,1-4H3,(H,19,20). The molecule has 0 bridgehead atoms. The minimum Gasteiger partial charge on any atom is -0.478 e. The van der Waals surface area contributed by atoms with Gasteiger partial charge in [-0.2, -0.15) is 0 Å². The molecule has 0 radical (unpaired) electrons. The number of carbonyl (C=O) groups is 2. The van der Waals surface area contributed by atoms with E-state index < -0.39 is 5.97 Å². The maximum absolute atomic E-state index is 12.6. The number of amides is 1. The van der Waals surface area contributed by atoms with Gasteiger partial charge in [0.05, 0.1) is 11.1 Å². The fourth-order valence-corrected chi connectivity index (χ4v) is 2.29. The first-order valence-corrected chi connectivity index (χ1v) is 6.66. The Morgan fingerprint density at radius 2 is 1.75 bits per heavy atom. The van der Waals surface area contributed by atoms with Crippen LogP contribution in [0.2, 0.25) is 0 Å². The van der Waals surface area contributed by atoms with Crippen molar-refractivity contribution in [2.24, 2.45) is 0 Å². The van der Waals surface area contributed by atoms with E-state index in [1.54, 1.807) is 23.1 Å². The van der Waals surface area contributed by atoms with Crippen LogP contribution in [0.3, 0.4) is 0 Å². The number of likely N-dealkylation sites (N-methyl/N-ethyl adjacent to an activating group) is 2. The summed E-state index contributed by atoms with van der Waals surface area (Å²) >= 11 is 0. The number of aromatic carboxylic acids is 1. The molecule has 1 aromatic carbocycles. The highest BCUT2D eigenvalue weighted by atomic mass is 16.4. The van der Waals surface area contributed by atoms with Crippen LogP contribution >= 0.6 is 0 Å². The van der Waals surface area contributed by atoms with Crippen molar-refractivity contribution in [2.75, 3.05) is 27.2 Å². The quantitative estimate of drug-likeness (QED) is 0.862. The first-order valence-electron chi connectivity index (χ1n) is 6.66. The second kappa shape index (κ2) is 7.05. The minimum absolute atomic E-state index is 0.0179. The molecule has 1 aromatic rings. The van der Waals surface area contributed by atoms with E-state index in [-0.39, 0.29) is 23.1 Å². The van der Waals surface area contributed by atoms with Crippen LogP contribution < -0.4 is 0 Å². The summed E-state index contributed by atoms with van der Waals surface area (Å²) in [5.41, 5.74) is 0.292. The molecular formula is C15H22N2O3. The van der Waals surface area contributed by atoms with Crippen molar-refractivity contribution in [3.05, 3.63) is 35.4 Å². The topological polar surface area (TPSA) is 60.9 Å². The van der Waals surface area contributed by atoms with Crippen molar-refractivity contribution in [2.45, 2.75) is 19.9 Å². The van der Waals surface area contributed by atoms with Crippen LogP contribution in [-0.2, 0) is 0 Å². The highest BCUT2D eigenvalue weighted by Crippen LogP contribution is 2.14. The summed E-state index contributed by atoms with van der Waals surface area (Å²) in [4.78, 5) is 27.5. The van der Waals surface area contributed by atoms with Gasteiger partial charge in [-0.1, -0.05) is 12.1 Å².